The van der Waals surface area contributed by atoms with Crippen LogP contribution in [0.15, 0.2) is 24.3 Å². The summed E-state index contributed by atoms with van der Waals surface area (Å²) >= 11 is 0. The molecule has 1 fully saturated rings. The molecule has 0 aromatic heterocycles. The van der Waals surface area contributed by atoms with Crippen molar-refractivity contribution in [3.63, 3.8) is 0 Å². The van der Waals surface area contributed by atoms with Crippen molar-refractivity contribution in [1.29, 1.82) is 0 Å². The molecule has 1 saturated heterocycles. The number of morpholine rings is 1. The molecule has 23 heavy (non-hydrogen) atoms. The Labute approximate surface area is 137 Å². The first-order valence-electron chi connectivity index (χ1n) is 8.64. The maximum Gasteiger partial charge on any atom is 0.250 e. The topological polar surface area (TPSA) is 59.6 Å². The Balaban J connectivity index is 1.35. The van der Waals surface area contributed by atoms with E-state index < -0.39 is 0 Å². The van der Waals surface area contributed by atoms with Gasteiger partial charge in [-0.25, -0.2) is 0 Å². The molecule has 1 heterocycles. The molecular weight excluding hydrogens is 292 g/mol. The molecule has 1 aromatic carbocycles. The van der Waals surface area contributed by atoms with Gasteiger partial charge in [0.15, 0.2) is 0 Å². The number of benzene rings is 1. The predicted molar refractivity (Wildman–Crippen MR) is 88.3 cm³/mol. The largest absolute Gasteiger partial charge is 0.373 e. The predicted octanol–water partition coefficient (Wildman–Crippen LogP) is 1.58. The summed E-state index contributed by atoms with van der Waals surface area (Å²) in [5.74, 6) is -0.0276. The number of rotatable bonds is 6. The van der Waals surface area contributed by atoms with Gasteiger partial charge in [-0.1, -0.05) is 24.3 Å². The van der Waals surface area contributed by atoms with Crippen LogP contribution in [0.25, 0.3) is 0 Å². The molecule has 0 saturated carbocycles. The SMILES string of the molecule is O=C(NCCCOC1CCCc2ccccc21)C1CNCCO1. The molecule has 3 rings (SSSR count). The number of carbonyl (C=O) groups is 1. The average Bonchev–Trinajstić information content (AvgIpc) is 2.62. The third-order valence-electron chi connectivity index (χ3n) is 4.47. The maximum absolute atomic E-state index is 11.9. The normalized spacial score (nSPS) is 24.0. The molecule has 0 radical (unpaired) electrons. The molecule has 0 spiro atoms. The van der Waals surface area contributed by atoms with Crippen LogP contribution < -0.4 is 10.6 Å². The summed E-state index contributed by atoms with van der Waals surface area (Å²) < 4.78 is 11.5. The Morgan fingerprint density at radius 1 is 1.39 bits per heavy atom. The Morgan fingerprint density at radius 3 is 3.17 bits per heavy atom. The molecule has 126 valence electrons. The third kappa shape index (κ3) is 4.53. The van der Waals surface area contributed by atoms with Gasteiger partial charge in [-0.05, 0) is 36.8 Å². The molecule has 0 bridgehead atoms. The smallest absolute Gasteiger partial charge is 0.250 e. The Hall–Kier alpha value is -1.43. The first-order valence-corrected chi connectivity index (χ1v) is 8.64. The van der Waals surface area contributed by atoms with Crippen LogP contribution in [0.4, 0.5) is 0 Å². The lowest BCUT2D eigenvalue weighted by molar-refractivity contribution is -0.134. The summed E-state index contributed by atoms with van der Waals surface area (Å²) in [6.45, 7) is 3.32. The van der Waals surface area contributed by atoms with Gasteiger partial charge in [-0.3, -0.25) is 4.79 Å². The van der Waals surface area contributed by atoms with Gasteiger partial charge in [0.1, 0.15) is 6.10 Å². The standard InChI is InChI=1S/C18H26N2O3/c21-18(17-13-19-10-12-23-17)20-9-4-11-22-16-8-3-6-14-5-1-2-7-15(14)16/h1-2,5,7,16-17,19H,3-4,6,8-13H2,(H,20,21). The van der Waals surface area contributed by atoms with E-state index in [0.29, 0.717) is 26.3 Å². The van der Waals surface area contributed by atoms with E-state index in [1.165, 1.54) is 17.5 Å². The van der Waals surface area contributed by atoms with E-state index in [-0.39, 0.29) is 18.1 Å². The lowest BCUT2D eigenvalue weighted by atomic mass is 9.89. The molecule has 1 aromatic rings. The highest BCUT2D eigenvalue weighted by Gasteiger charge is 2.22. The Kier molecular flexibility index (Phi) is 6.02. The first kappa shape index (κ1) is 16.4. The third-order valence-corrected chi connectivity index (χ3v) is 4.47. The van der Waals surface area contributed by atoms with E-state index in [1.807, 2.05) is 0 Å². The van der Waals surface area contributed by atoms with Gasteiger partial charge in [0.2, 0.25) is 5.91 Å². The van der Waals surface area contributed by atoms with Crippen LogP contribution in [0, 0.1) is 0 Å². The van der Waals surface area contributed by atoms with Crippen molar-refractivity contribution in [1.82, 2.24) is 10.6 Å². The highest BCUT2D eigenvalue weighted by molar-refractivity contribution is 5.81. The fourth-order valence-corrected chi connectivity index (χ4v) is 3.24. The number of ether oxygens (including phenoxy) is 2. The fraction of sp³-hybridized carbons (Fsp3) is 0.611. The van der Waals surface area contributed by atoms with Crippen LogP contribution in [0.1, 0.15) is 36.5 Å². The minimum Gasteiger partial charge on any atom is -0.373 e. The van der Waals surface area contributed by atoms with E-state index in [9.17, 15) is 4.79 Å². The second-order valence-electron chi connectivity index (χ2n) is 6.16. The van der Waals surface area contributed by atoms with Crippen molar-refractivity contribution in [2.24, 2.45) is 0 Å². The Morgan fingerprint density at radius 2 is 2.30 bits per heavy atom. The van der Waals surface area contributed by atoms with Gasteiger partial charge < -0.3 is 20.1 Å². The van der Waals surface area contributed by atoms with Crippen molar-refractivity contribution in [3.05, 3.63) is 35.4 Å². The molecule has 2 aliphatic rings. The van der Waals surface area contributed by atoms with Crippen molar-refractivity contribution in [2.45, 2.75) is 37.9 Å². The maximum atomic E-state index is 11.9. The molecular formula is C18H26N2O3. The van der Waals surface area contributed by atoms with E-state index in [4.69, 9.17) is 9.47 Å². The molecule has 1 amide bonds. The summed E-state index contributed by atoms with van der Waals surface area (Å²) in [6.07, 6.45) is 4.11. The van der Waals surface area contributed by atoms with Gasteiger partial charge in [-0.2, -0.15) is 0 Å². The van der Waals surface area contributed by atoms with E-state index >= 15 is 0 Å². The molecule has 1 aliphatic heterocycles. The van der Waals surface area contributed by atoms with Gasteiger partial charge in [0, 0.05) is 26.2 Å². The highest BCUT2D eigenvalue weighted by atomic mass is 16.5. The fourth-order valence-electron chi connectivity index (χ4n) is 3.24. The van der Waals surface area contributed by atoms with Gasteiger partial charge in [-0.15, -0.1) is 0 Å². The quantitative estimate of drug-likeness (QED) is 0.782. The highest BCUT2D eigenvalue weighted by Crippen LogP contribution is 2.32. The van der Waals surface area contributed by atoms with Crippen LogP contribution >= 0.6 is 0 Å². The van der Waals surface area contributed by atoms with Gasteiger partial charge in [0.25, 0.3) is 0 Å². The monoisotopic (exact) mass is 318 g/mol. The average molecular weight is 318 g/mol. The number of aryl methyl sites for hydroxylation is 1. The zero-order valence-electron chi connectivity index (χ0n) is 13.6. The van der Waals surface area contributed by atoms with Crippen molar-refractivity contribution >= 4 is 5.91 Å². The number of amides is 1. The number of hydrogen-bond donors (Lipinski definition) is 2. The van der Waals surface area contributed by atoms with Crippen LogP contribution in [0.3, 0.4) is 0 Å². The first-order chi connectivity index (χ1) is 11.3. The summed E-state index contributed by atoms with van der Waals surface area (Å²) in [6, 6.07) is 8.55. The van der Waals surface area contributed by atoms with E-state index in [1.54, 1.807) is 0 Å². The van der Waals surface area contributed by atoms with E-state index in [0.717, 1.165) is 25.8 Å². The van der Waals surface area contributed by atoms with Crippen LogP contribution in [-0.4, -0.2) is 44.9 Å². The minimum absolute atomic E-state index is 0.0276. The minimum atomic E-state index is -0.352. The second kappa shape index (κ2) is 8.43. The molecule has 1 aliphatic carbocycles. The van der Waals surface area contributed by atoms with Crippen molar-refractivity contribution in [3.8, 4) is 0 Å². The summed E-state index contributed by atoms with van der Waals surface area (Å²) in [7, 11) is 0. The van der Waals surface area contributed by atoms with Crippen LogP contribution in [0.5, 0.6) is 0 Å². The van der Waals surface area contributed by atoms with Gasteiger partial charge >= 0.3 is 0 Å². The summed E-state index contributed by atoms with van der Waals surface area (Å²) in [4.78, 5) is 11.9. The summed E-state index contributed by atoms with van der Waals surface area (Å²) in [5, 5.41) is 6.08. The van der Waals surface area contributed by atoms with Crippen molar-refractivity contribution in [2.75, 3.05) is 32.8 Å². The molecule has 2 N–H and O–H groups in total. The van der Waals surface area contributed by atoms with E-state index in [2.05, 4.69) is 34.9 Å². The molecule has 5 nitrogen and oxygen atoms in total. The van der Waals surface area contributed by atoms with Crippen LogP contribution in [-0.2, 0) is 20.7 Å². The molecule has 2 atom stereocenters. The second-order valence-corrected chi connectivity index (χ2v) is 6.16. The van der Waals surface area contributed by atoms with Crippen molar-refractivity contribution < 1.29 is 14.3 Å². The van der Waals surface area contributed by atoms with Crippen LogP contribution in [0.2, 0.25) is 0 Å². The summed E-state index contributed by atoms with van der Waals surface area (Å²) in [5.41, 5.74) is 2.75. The zero-order chi connectivity index (χ0) is 15.9. The number of carbonyl (C=O) groups excluding carboxylic acids is 1. The molecule has 2 unspecified atom stereocenters. The number of fused-ring (bicyclic) bond motifs is 1. The molecule has 5 heteroatoms. The zero-order valence-corrected chi connectivity index (χ0v) is 13.6. The Bertz CT molecular complexity index is 515. The lowest BCUT2D eigenvalue weighted by Gasteiger charge is -2.26. The number of nitrogens with one attached hydrogen (secondary N) is 2. The number of hydrogen-bond acceptors (Lipinski definition) is 4. The van der Waals surface area contributed by atoms with Gasteiger partial charge in [0.05, 0.1) is 12.7 Å². The lowest BCUT2D eigenvalue weighted by Crippen LogP contribution is -2.48.